The minimum Gasteiger partial charge on any atom is -0.368 e. The lowest BCUT2D eigenvalue weighted by atomic mass is 10.2. The number of hydrogen-bond acceptors (Lipinski definition) is 2. The molecule has 0 fully saturated rings. The van der Waals surface area contributed by atoms with E-state index in [1.165, 1.54) is 5.56 Å². The number of hydrogen-bond donors (Lipinski definition) is 1. The lowest BCUT2D eigenvalue weighted by molar-refractivity contribution is 1.11. The molecule has 0 aliphatic carbocycles. The molecule has 1 aliphatic heterocycles. The van der Waals surface area contributed by atoms with Gasteiger partial charge >= 0.3 is 0 Å². The highest BCUT2D eigenvalue weighted by atomic mass is 127. The maximum absolute atomic E-state index is 4.19. The number of alkyl halides is 1. The zero-order chi connectivity index (χ0) is 6.97. The Morgan fingerprint density at radius 1 is 1.70 bits per heavy atom. The van der Waals surface area contributed by atoms with Crippen LogP contribution < -0.4 is 5.32 Å². The van der Waals surface area contributed by atoms with Crippen molar-refractivity contribution in [2.75, 3.05) is 11.9 Å². The average Bonchev–Trinajstić information content (AvgIpc) is 2.34. The van der Waals surface area contributed by atoms with Crippen LogP contribution in [0.1, 0.15) is 9.49 Å². The Bertz CT molecular complexity index is 249. The summed E-state index contributed by atoms with van der Waals surface area (Å²) in [5, 5.41) is 3.23. The summed E-state index contributed by atoms with van der Waals surface area (Å²) in [6.07, 6.45) is 1.82. The van der Waals surface area contributed by atoms with Gasteiger partial charge in [-0.2, -0.15) is 0 Å². The van der Waals surface area contributed by atoms with E-state index in [4.69, 9.17) is 0 Å². The van der Waals surface area contributed by atoms with Crippen LogP contribution in [0.4, 0.5) is 5.82 Å². The van der Waals surface area contributed by atoms with E-state index in [0.29, 0.717) is 3.92 Å². The van der Waals surface area contributed by atoms with E-state index in [1.54, 1.807) is 0 Å². The van der Waals surface area contributed by atoms with Crippen molar-refractivity contribution in [3.63, 3.8) is 0 Å². The van der Waals surface area contributed by atoms with Gasteiger partial charge < -0.3 is 5.32 Å². The molecule has 2 heterocycles. The van der Waals surface area contributed by atoms with Crippen molar-refractivity contribution >= 4 is 28.4 Å². The molecule has 0 radical (unpaired) electrons. The molecule has 1 aromatic rings. The molecule has 1 N–H and O–H groups in total. The molecule has 0 bridgehead atoms. The largest absolute Gasteiger partial charge is 0.368 e. The summed E-state index contributed by atoms with van der Waals surface area (Å²) < 4.78 is 0.598. The van der Waals surface area contributed by atoms with Crippen molar-refractivity contribution in [2.24, 2.45) is 0 Å². The number of rotatable bonds is 0. The van der Waals surface area contributed by atoms with Gasteiger partial charge in [0.25, 0.3) is 0 Å². The smallest absolute Gasteiger partial charge is 0.130 e. The maximum Gasteiger partial charge on any atom is 0.130 e. The fourth-order valence-corrected chi connectivity index (χ4v) is 1.84. The maximum atomic E-state index is 4.19. The number of halogens is 1. The quantitative estimate of drug-likeness (QED) is 0.559. The summed E-state index contributed by atoms with van der Waals surface area (Å²) in [6.45, 7) is 1.02. The lowest BCUT2D eigenvalue weighted by Gasteiger charge is -1.96. The zero-order valence-electron chi connectivity index (χ0n) is 5.34. The first-order chi connectivity index (χ1) is 4.88. The Morgan fingerprint density at radius 3 is 3.40 bits per heavy atom. The molecule has 0 aromatic carbocycles. The molecule has 52 valence electrons. The molecule has 0 spiro atoms. The Labute approximate surface area is 73.2 Å². The molecule has 1 atom stereocenters. The van der Waals surface area contributed by atoms with Gasteiger partial charge in [-0.05, 0) is 6.07 Å². The highest BCUT2D eigenvalue weighted by Crippen LogP contribution is 2.33. The summed E-state index contributed by atoms with van der Waals surface area (Å²) in [6, 6.07) is 4.11. The van der Waals surface area contributed by atoms with Crippen molar-refractivity contribution < 1.29 is 0 Å². The van der Waals surface area contributed by atoms with Crippen LogP contribution >= 0.6 is 22.6 Å². The first-order valence-corrected chi connectivity index (χ1v) is 4.45. The lowest BCUT2D eigenvalue weighted by Crippen LogP contribution is -1.94. The molecule has 0 saturated carbocycles. The number of nitrogens with one attached hydrogen (secondary N) is 1. The number of anilines is 1. The van der Waals surface area contributed by atoms with E-state index in [0.717, 1.165) is 12.4 Å². The predicted octanol–water partition coefficient (Wildman–Crippen LogP) is 1.98. The molecule has 2 rings (SSSR count). The first-order valence-electron chi connectivity index (χ1n) is 3.21. The van der Waals surface area contributed by atoms with Crippen molar-refractivity contribution in [1.82, 2.24) is 4.98 Å². The second-order valence-corrected chi connectivity index (χ2v) is 3.79. The van der Waals surface area contributed by atoms with Gasteiger partial charge in [0.05, 0.1) is 3.92 Å². The topological polar surface area (TPSA) is 24.9 Å². The molecule has 0 amide bonds. The van der Waals surface area contributed by atoms with Crippen LogP contribution in [0.2, 0.25) is 0 Å². The molecule has 1 aliphatic rings. The Morgan fingerprint density at radius 2 is 2.60 bits per heavy atom. The minimum absolute atomic E-state index is 0.598. The monoisotopic (exact) mass is 246 g/mol. The molecule has 1 unspecified atom stereocenters. The third-order valence-electron chi connectivity index (χ3n) is 1.63. The molecule has 2 nitrogen and oxygen atoms in total. The number of fused-ring (bicyclic) bond motifs is 1. The molecule has 1 aromatic heterocycles. The summed E-state index contributed by atoms with van der Waals surface area (Å²) in [4.78, 5) is 4.19. The highest BCUT2D eigenvalue weighted by molar-refractivity contribution is 14.1. The van der Waals surface area contributed by atoms with Gasteiger partial charge in [0.1, 0.15) is 5.82 Å². The van der Waals surface area contributed by atoms with Crippen LogP contribution in [0.5, 0.6) is 0 Å². The van der Waals surface area contributed by atoms with Gasteiger partial charge in [-0.15, -0.1) is 0 Å². The van der Waals surface area contributed by atoms with Crippen LogP contribution in [0, 0.1) is 0 Å². The fourth-order valence-electron chi connectivity index (χ4n) is 1.11. The Kier molecular flexibility index (Phi) is 1.52. The molecular formula is C7H7IN2. The third-order valence-corrected chi connectivity index (χ3v) is 2.74. The minimum atomic E-state index is 0.598. The average molecular weight is 246 g/mol. The van der Waals surface area contributed by atoms with Crippen LogP contribution in [0.15, 0.2) is 18.3 Å². The van der Waals surface area contributed by atoms with Crippen LogP contribution in [0.25, 0.3) is 0 Å². The standard InChI is InChI=1S/C7H7IN2/c8-6-4-10-7-5(6)2-1-3-9-7/h1-3,6H,4H2,(H,9,10). The zero-order valence-corrected chi connectivity index (χ0v) is 7.50. The Balaban J connectivity index is 2.51. The van der Waals surface area contributed by atoms with E-state index in [-0.39, 0.29) is 0 Å². The molecule has 10 heavy (non-hydrogen) atoms. The number of aromatic nitrogens is 1. The summed E-state index contributed by atoms with van der Waals surface area (Å²) in [5.41, 5.74) is 1.34. The van der Waals surface area contributed by atoms with Gasteiger partial charge in [0.15, 0.2) is 0 Å². The van der Waals surface area contributed by atoms with Gasteiger partial charge in [0.2, 0.25) is 0 Å². The normalized spacial score (nSPS) is 21.9. The van der Waals surface area contributed by atoms with E-state index in [2.05, 4.69) is 39.0 Å². The summed E-state index contributed by atoms with van der Waals surface area (Å²) in [7, 11) is 0. The van der Waals surface area contributed by atoms with E-state index < -0.39 is 0 Å². The SMILES string of the molecule is IC1CNc2ncccc21. The second kappa shape index (κ2) is 2.38. The van der Waals surface area contributed by atoms with Crippen LogP contribution in [0.3, 0.4) is 0 Å². The molecule has 3 heteroatoms. The van der Waals surface area contributed by atoms with Crippen LogP contribution in [-0.2, 0) is 0 Å². The fraction of sp³-hybridized carbons (Fsp3) is 0.286. The van der Waals surface area contributed by atoms with E-state index >= 15 is 0 Å². The number of nitrogens with zero attached hydrogens (tertiary/aromatic N) is 1. The van der Waals surface area contributed by atoms with Gasteiger partial charge in [-0.25, -0.2) is 4.98 Å². The van der Waals surface area contributed by atoms with E-state index in [9.17, 15) is 0 Å². The van der Waals surface area contributed by atoms with Crippen molar-refractivity contribution in [2.45, 2.75) is 3.92 Å². The van der Waals surface area contributed by atoms with Gasteiger partial charge in [0, 0.05) is 18.3 Å². The van der Waals surface area contributed by atoms with Crippen molar-refractivity contribution in [3.8, 4) is 0 Å². The molecule has 0 saturated heterocycles. The summed E-state index contributed by atoms with van der Waals surface area (Å²) in [5.74, 6) is 1.06. The summed E-state index contributed by atoms with van der Waals surface area (Å²) >= 11 is 2.42. The van der Waals surface area contributed by atoms with Gasteiger partial charge in [-0.3, -0.25) is 0 Å². The third kappa shape index (κ3) is 0.885. The van der Waals surface area contributed by atoms with Crippen molar-refractivity contribution in [1.29, 1.82) is 0 Å². The highest BCUT2D eigenvalue weighted by Gasteiger charge is 2.18. The van der Waals surface area contributed by atoms with Crippen molar-refractivity contribution in [3.05, 3.63) is 23.9 Å². The predicted molar refractivity (Wildman–Crippen MR) is 49.5 cm³/mol. The molecular weight excluding hydrogens is 239 g/mol. The first kappa shape index (κ1) is 6.39. The Hall–Kier alpha value is -0.320. The number of pyridine rings is 1. The van der Waals surface area contributed by atoms with Crippen LogP contribution in [-0.4, -0.2) is 11.5 Å². The van der Waals surface area contributed by atoms with Gasteiger partial charge in [-0.1, -0.05) is 28.7 Å². The second-order valence-electron chi connectivity index (χ2n) is 2.29. The van der Waals surface area contributed by atoms with E-state index in [1.807, 2.05) is 12.3 Å².